The number of carbonyl (C=O) groups is 3. The first-order chi connectivity index (χ1) is 13.7. The Morgan fingerprint density at radius 3 is 2.72 bits per heavy atom. The molecule has 1 heterocycles. The summed E-state index contributed by atoms with van der Waals surface area (Å²) in [5.74, 6) is -1.33. The van der Waals surface area contributed by atoms with Gasteiger partial charge in [-0.3, -0.25) is 19.3 Å². The molecule has 0 aliphatic carbocycles. The van der Waals surface area contributed by atoms with Gasteiger partial charge in [-0.15, -0.1) is 0 Å². The van der Waals surface area contributed by atoms with Gasteiger partial charge in [-0.25, -0.2) is 4.39 Å². The number of imide groups is 1. The third kappa shape index (κ3) is 5.17. The zero-order chi connectivity index (χ0) is 21.1. The van der Waals surface area contributed by atoms with Gasteiger partial charge in [0.05, 0.1) is 11.4 Å². The van der Waals surface area contributed by atoms with E-state index >= 15 is 0 Å². The van der Waals surface area contributed by atoms with Crippen LogP contribution in [0.5, 0.6) is 5.75 Å². The number of halogens is 3. The van der Waals surface area contributed by atoms with Crippen LogP contribution in [0.4, 0.5) is 9.18 Å². The van der Waals surface area contributed by atoms with Gasteiger partial charge in [-0.1, -0.05) is 33.6 Å². The number of amides is 3. The predicted molar refractivity (Wildman–Crippen MR) is 112 cm³/mol. The maximum atomic E-state index is 13.2. The second-order valence-corrected chi connectivity index (χ2v) is 8.26. The summed E-state index contributed by atoms with van der Waals surface area (Å²) in [6.07, 6.45) is 1.50. The van der Waals surface area contributed by atoms with Gasteiger partial charge in [0.25, 0.3) is 17.1 Å². The van der Waals surface area contributed by atoms with E-state index in [4.69, 9.17) is 22.1 Å². The molecule has 2 aromatic rings. The minimum absolute atomic E-state index is 0.0787. The summed E-state index contributed by atoms with van der Waals surface area (Å²) in [7, 11) is 0. The Morgan fingerprint density at radius 2 is 2.03 bits per heavy atom. The third-order valence-corrected chi connectivity index (χ3v) is 5.60. The Morgan fingerprint density at radius 1 is 1.28 bits per heavy atom. The number of ether oxygens (including phenoxy) is 1. The molecule has 29 heavy (non-hydrogen) atoms. The molecule has 1 fully saturated rings. The van der Waals surface area contributed by atoms with Crippen molar-refractivity contribution in [2.24, 2.45) is 5.73 Å². The Labute approximate surface area is 183 Å². The molecule has 10 heteroatoms. The Bertz CT molecular complexity index is 1050. The third-order valence-electron chi connectivity index (χ3n) is 3.85. The lowest BCUT2D eigenvalue weighted by Gasteiger charge is -2.13. The first-order valence-electron chi connectivity index (χ1n) is 8.14. The molecule has 3 amide bonds. The number of benzene rings is 2. The first-order valence-corrected chi connectivity index (χ1v) is 10.1. The molecule has 2 N–H and O–H groups in total. The molecule has 0 saturated carbocycles. The molecule has 1 aliphatic rings. The van der Waals surface area contributed by atoms with Crippen LogP contribution in [0, 0.1) is 5.82 Å². The molecule has 0 radical (unpaired) electrons. The molecule has 0 aromatic heterocycles. The summed E-state index contributed by atoms with van der Waals surface area (Å²) < 4.78 is 19.3. The van der Waals surface area contributed by atoms with Gasteiger partial charge in [0.2, 0.25) is 0 Å². The second-order valence-electron chi connectivity index (χ2n) is 5.94. The highest BCUT2D eigenvalue weighted by molar-refractivity contribution is 9.10. The second kappa shape index (κ2) is 8.98. The average Bonchev–Trinajstić information content (AvgIpc) is 2.90. The summed E-state index contributed by atoms with van der Waals surface area (Å²) in [6.45, 7) is -0.405. The van der Waals surface area contributed by atoms with Crippen LogP contribution in [-0.4, -0.2) is 28.6 Å². The summed E-state index contributed by atoms with van der Waals surface area (Å²) in [6, 6.07) is 8.75. The monoisotopic (exact) mass is 498 g/mol. The number of hydrogen-bond donors (Lipinski definition) is 1. The number of thioether (sulfide) groups is 1. The van der Waals surface area contributed by atoms with Crippen molar-refractivity contribution in [1.82, 2.24) is 4.90 Å². The van der Waals surface area contributed by atoms with E-state index in [0.29, 0.717) is 21.3 Å². The van der Waals surface area contributed by atoms with E-state index in [1.165, 1.54) is 18.2 Å². The van der Waals surface area contributed by atoms with E-state index in [1.54, 1.807) is 18.2 Å². The minimum atomic E-state index is -0.643. The SMILES string of the molecule is NC(=O)COc1ccc(Br)cc1/C=C1\SC(=O)N(Cc2ccc(F)cc2Cl)C1=O. The molecule has 1 aliphatic heterocycles. The van der Waals surface area contributed by atoms with Gasteiger partial charge in [-0.2, -0.15) is 0 Å². The summed E-state index contributed by atoms with van der Waals surface area (Å²) in [5, 5.41) is -0.349. The van der Waals surface area contributed by atoms with Gasteiger partial charge in [-0.05, 0) is 53.7 Å². The van der Waals surface area contributed by atoms with Gasteiger partial charge in [0.1, 0.15) is 11.6 Å². The number of carbonyl (C=O) groups excluding carboxylic acids is 3. The van der Waals surface area contributed by atoms with Crippen LogP contribution in [0.25, 0.3) is 6.08 Å². The molecule has 3 rings (SSSR count). The van der Waals surface area contributed by atoms with Crippen molar-refractivity contribution in [2.75, 3.05) is 6.61 Å². The number of hydrogen-bond acceptors (Lipinski definition) is 5. The standard InChI is InChI=1S/C19H13BrClFN2O4S/c20-12-2-4-15(28-9-17(23)25)11(5-12)6-16-18(26)24(19(27)29-16)8-10-1-3-13(22)7-14(10)21/h1-7H,8-9H2,(H2,23,25)/b16-6-. The van der Waals surface area contributed by atoms with Crippen molar-refractivity contribution < 1.29 is 23.5 Å². The van der Waals surface area contributed by atoms with Crippen molar-refractivity contribution in [3.8, 4) is 5.75 Å². The fourth-order valence-electron chi connectivity index (χ4n) is 2.51. The van der Waals surface area contributed by atoms with E-state index in [1.807, 2.05) is 0 Å². The zero-order valence-electron chi connectivity index (χ0n) is 14.7. The maximum absolute atomic E-state index is 13.2. The van der Waals surface area contributed by atoms with Gasteiger partial charge >= 0.3 is 0 Å². The smallest absolute Gasteiger partial charge is 0.293 e. The molecular formula is C19H13BrClFN2O4S. The van der Waals surface area contributed by atoms with Crippen molar-refractivity contribution in [3.63, 3.8) is 0 Å². The Balaban J connectivity index is 1.86. The van der Waals surface area contributed by atoms with Gasteiger partial charge in [0.15, 0.2) is 6.61 Å². The van der Waals surface area contributed by atoms with E-state index < -0.39 is 22.9 Å². The van der Waals surface area contributed by atoms with Crippen LogP contribution in [0.3, 0.4) is 0 Å². The number of rotatable bonds is 6. The zero-order valence-corrected chi connectivity index (χ0v) is 17.8. The molecule has 1 saturated heterocycles. The molecular weight excluding hydrogens is 487 g/mol. The summed E-state index contributed by atoms with van der Waals surface area (Å²) >= 11 is 10.1. The minimum Gasteiger partial charge on any atom is -0.483 e. The lowest BCUT2D eigenvalue weighted by molar-refractivity contribution is -0.123. The van der Waals surface area contributed by atoms with Crippen LogP contribution in [0.1, 0.15) is 11.1 Å². The van der Waals surface area contributed by atoms with Gasteiger partial charge < -0.3 is 10.5 Å². The van der Waals surface area contributed by atoms with Crippen molar-refractivity contribution in [1.29, 1.82) is 0 Å². The fraction of sp³-hybridized carbons (Fsp3) is 0.105. The Kier molecular flexibility index (Phi) is 6.61. The highest BCUT2D eigenvalue weighted by atomic mass is 79.9. The molecule has 0 spiro atoms. The molecule has 6 nitrogen and oxygen atoms in total. The topological polar surface area (TPSA) is 89.7 Å². The fourth-order valence-corrected chi connectivity index (χ4v) is 3.95. The number of primary amides is 1. The highest BCUT2D eigenvalue weighted by Crippen LogP contribution is 2.36. The number of nitrogens with zero attached hydrogens (tertiary/aromatic N) is 1. The van der Waals surface area contributed by atoms with E-state index in [9.17, 15) is 18.8 Å². The van der Waals surface area contributed by atoms with Gasteiger partial charge in [0, 0.05) is 15.1 Å². The number of nitrogens with two attached hydrogens (primary N) is 1. The average molecular weight is 500 g/mol. The van der Waals surface area contributed by atoms with Crippen LogP contribution in [0.2, 0.25) is 5.02 Å². The molecule has 2 aromatic carbocycles. The van der Waals surface area contributed by atoms with Crippen LogP contribution in [-0.2, 0) is 16.1 Å². The predicted octanol–water partition coefficient (Wildman–Crippen LogP) is 4.34. The normalized spacial score (nSPS) is 15.3. The molecule has 0 unspecified atom stereocenters. The Hall–Kier alpha value is -2.36. The maximum Gasteiger partial charge on any atom is 0.293 e. The largest absolute Gasteiger partial charge is 0.483 e. The van der Waals surface area contributed by atoms with Crippen LogP contribution in [0.15, 0.2) is 45.8 Å². The van der Waals surface area contributed by atoms with Crippen LogP contribution >= 0.6 is 39.3 Å². The quantitative estimate of drug-likeness (QED) is 0.597. The first kappa shape index (κ1) is 21.4. The van der Waals surface area contributed by atoms with Crippen molar-refractivity contribution in [2.45, 2.75) is 6.54 Å². The molecule has 0 bridgehead atoms. The van der Waals surface area contributed by atoms with E-state index in [2.05, 4.69) is 15.9 Å². The van der Waals surface area contributed by atoms with Crippen molar-refractivity contribution >= 4 is 62.4 Å². The van der Waals surface area contributed by atoms with Crippen LogP contribution < -0.4 is 10.5 Å². The lowest BCUT2D eigenvalue weighted by atomic mass is 10.1. The molecule has 150 valence electrons. The van der Waals surface area contributed by atoms with E-state index in [-0.39, 0.29) is 23.1 Å². The van der Waals surface area contributed by atoms with E-state index in [0.717, 1.165) is 22.7 Å². The molecule has 0 atom stereocenters. The lowest BCUT2D eigenvalue weighted by Crippen LogP contribution is -2.27. The summed E-state index contributed by atoms with van der Waals surface area (Å²) in [4.78, 5) is 37.3. The summed E-state index contributed by atoms with van der Waals surface area (Å²) in [5.41, 5.74) is 6.04. The highest BCUT2D eigenvalue weighted by Gasteiger charge is 2.35. The van der Waals surface area contributed by atoms with Crippen molar-refractivity contribution in [3.05, 3.63) is 67.7 Å².